The summed E-state index contributed by atoms with van der Waals surface area (Å²) in [5, 5.41) is 4.02. The molecule has 25 heavy (non-hydrogen) atoms. The summed E-state index contributed by atoms with van der Waals surface area (Å²) < 4.78 is 0. The third-order valence-electron chi connectivity index (χ3n) is 4.54. The zero-order valence-corrected chi connectivity index (χ0v) is 15.1. The second-order valence-electron chi connectivity index (χ2n) is 6.21. The van der Waals surface area contributed by atoms with E-state index in [0.717, 1.165) is 42.6 Å². The van der Waals surface area contributed by atoms with E-state index in [9.17, 15) is 4.79 Å². The number of rotatable bonds is 5. The fourth-order valence-electron chi connectivity index (χ4n) is 2.95. The molecule has 1 aromatic carbocycles. The molecule has 1 amide bonds. The van der Waals surface area contributed by atoms with Crippen LogP contribution in [0.1, 0.15) is 18.5 Å². The normalized spacial score (nSPS) is 15.9. The van der Waals surface area contributed by atoms with Gasteiger partial charge in [-0.15, -0.1) is 0 Å². The van der Waals surface area contributed by atoms with Crippen LogP contribution in [0.4, 0.5) is 5.82 Å². The standard InChI is InChI=1S/C19H23ClN4O/c1-15(16-5-7-17(20)8-6-16)22-14-19(25)24-12-10-23(11-13-24)18-4-2-3-9-21-18/h2-9,15,22H,10-14H2,1H3/t15-/m1/s1. The molecule has 1 fully saturated rings. The molecular weight excluding hydrogens is 336 g/mol. The number of nitrogens with one attached hydrogen (secondary N) is 1. The van der Waals surface area contributed by atoms with E-state index in [-0.39, 0.29) is 11.9 Å². The highest BCUT2D eigenvalue weighted by atomic mass is 35.5. The molecule has 6 heteroatoms. The molecule has 1 aliphatic heterocycles. The second-order valence-corrected chi connectivity index (χ2v) is 6.65. The Labute approximate surface area is 153 Å². The molecule has 0 spiro atoms. The van der Waals surface area contributed by atoms with Crippen molar-refractivity contribution in [3.05, 3.63) is 59.2 Å². The van der Waals surface area contributed by atoms with Gasteiger partial charge >= 0.3 is 0 Å². The van der Waals surface area contributed by atoms with Crippen molar-refractivity contribution in [2.45, 2.75) is 13.0 Å². The number of hydrogen-bond acceptors (Lipinski definition) is 4. The number of carbonyl (C=O) groups excluding carboxylic acids is 1. The van der Waals surface area contributed by atoms with E-state index in [0.29, 0.717) is 6.54 Å². The van der Waals surface area contributed by atoms with Gasteiger partial charge < -0.3 is 15.1 Å². The first-order valence-corrected chi connectivity index (χ1v) is 8.94. The molecule has 5 nitrogen and oxygen atoms in total. The van der Waals surface area contributed by atoms with Crippen molar-refractivity contribution in [3.8, 4) is 0 Å². The summed E-state index contributed by atoms with van der Waals surface area (Å²) in [5.74, 6) is 1.12. The molecule has 0 bridgehead atoms. The zero-order chi connectivity index (χ0) is 17.6. The van der Waals surface area contributed by atoms with Crippen LogP contribution in [0, 0.1) is 0 Å². The van der Waals surface area contributed by atoms with Crippen molar-refractivity contribution >= 4 is 23.3 Å². The van der Waals surface area contributed by atoms with Gasteiger partial charge in [0.05, 0.1) is 6.54 Å². The van der Waals surface area contributed by atoms with Gasteiger partial charge in [0.25, 0.3) is 0 Å². The summed E-state index contributed by atoms with van der Waals surface area (Å²) in [5.41, 5.74) is 1.12. The van der Waals surface area contributed by atoms with E-state index in [1.807, 2.05) is 47.4 Å². The maximum atomic E-state index is 12.4. The SMILES string of the molecule is C[C@@H](NCC(=O)N1CCN(c2ccccn2)CC1)c1ccc(Cl)cc1. The first kappa shape index (κ1) is 17.7. The largest absolute Gasteiger partial charge is 0.353 e. The Balaban J connectivity index is 1.45. The maximum absolute atomic E-state index is 12.4. The number of pyridine rings is 1. The predicted molar refractivity (Wildman–Crippen MR) is 101 cm³/mol. The molecule has 1 aromatic heterocycles. The van der Waals surface area contributed by atoms with Crippen LogP contribution in [0.2, 0.25) is 5.02 Å². The Morgan fingerprint density at radius 2 is 1.88 bits per heavy atom. The molecular formula is C19H23ClN4O. The van der Waals surface area contributed by atoms with Crippen molar-refractivity contribution in [1.29, 1.82) is 0 Å². The summed E-state index contributed by atoms with van der Waals surface area (Å²) in [6, 6.07) is 13.7. The molecule has 3 rings (SSSR count). The van der Waals surface area contributed by atoms with Crippen LogP contribution >= 0.6 is 11.6 Å². The van der Waals surface area contributed by atoms with E-state index >= 15 is 0 Å². The average Bonchev–Trinajstić information content (AvgIpc) is 2.67. The van der Waals surface area contributed by atoms with Crippen molar-refractivity contribution in [2.75, 3.05) is 37.6 Å². The zero-order valence-electron chi connectivity index (χ0n) is 14.4. The van der Waals surface area contributed by atoms with Crippen LogP contribution in [0.15, 0.2) is 48.7 Å². The molecule has 0 radical (unpaired) electrons. The summed E-state index contributed by atoms with van der Waals surface area (Å²) >= 11 is 5.91. The van der Waals surface area contributed by atoms with Gasteiger partial charge in [0.2, 0.25) is 5.91 Å². The second kappa shape index (κ2) is 8.32. The number of nitrogens with zero attached hydrogens (tertiary/aromatic N) is 3. The molecule has 2 heterocycles. The van der Waals surface area contributed by atoms with E-state index in [1.54, 1.807) is 6.20 Å². The average molecular weight is 359 g/mol. The lowest BCUT2D eigenvalue weighted by atomic mass is 10.1. The van der Waals surface area contributed by atoms with Crippen LogP contribution in [0.3, 0.4) is 0 Å². The van der Waals surface area contributed by atoms with Crippen molar-refractivity contribution in [2.24, 2.45) is 0 Å². The minimum atomic E-state index is 0.107. The Bertz CT molecular complexity index is 684. The number of hydrogen-bond donors (Lipinski definition) is 1. The molecule has 0 saturated carbocycles. The van der Waals surface area contributed by atoms with Gasteiger partial charge in [-0.1, -0.05) is 29.8 Å². The van der Waals surface area contributed by atoms with E-state index < -0.39 is 0 Å². The van der Waals surface area contributed by atoms with Gasteiger partial charge in [-0.3, -0.25) is 4.79 Å². The Morgan fingerprint density at radius 3 is 2.52 bits per heavy atom. The van der Waals surface area contributed by atoms with Crippen LogP contribution in [0.5, 0.6) is 0 Å². The number of amides is 1. The monoisotopic (exact) mass is 358 g/mol. The smallest absolute Gasteiger partial charge is 0.236 e. The minimum Gasteiger partial charge on any atom is -0.353 e. The van der Waals surface area contributed by atoms with E-state index in [1.165, 1.54) is 0 Å². The van der Waals surface area contributed by atoms with Gasteiger partial charge in [-0.2, -0.15) is 0 Å². The summed E-state index contributed by atoms with van der Waals surface area (Å²) in [7, 11) is 0. The number of aromatic nitrogens is 1. The van der Waals surface area contributed by atoms with Crippen LogP contribution < -0.4 is 10.2 Å². The lowest BCUT2D eigenvalue weighted by Gasteiger charge is -2.35. The maximum Gasteiger partial charge on any atom is 0.236 e. The lowest BCUT2D eigenvalue weighted by molar-refractivity contribution is -0.130. The van der Waals surface area contributed by atoms with Crippen molar-refractivity contribution in [1.82, 2.24) is 15.2 Å². The number of halogens is 1. The molecule has 132 valence electrons. The molecule has 1 saturated heterocycles. The Hall–Kier alpha value is -2.11. The minimum absolute atomic E-state index is 0.107. The first-order valence-electron chi connectivity index (χ1n) is 8.56. The number of benzene rings is 1. The highest BCUT2D eigenvalue weighted by Crippen LogP contribution is 2.16. The van der Waals surface area contributed by atoms with Gasteiger partial charge in [0.15, 0.2) is 0 Å². The molecule has 1 atom stereocenters. The summed E-state index contributed by atoms with van der Waals surface area (Å²) in [6.07, 6.45) is 1.80. The fourth-order valence-corrected chi connectivity index (χ4v) is 3.07. The van der Waals surface area contributed by atoms with Gasteiger partial charge in [-0.25, -0.2) is 4.98 Å². The van der Waals surface area contributed by atoms with Gasteiger partial charge in [0.1, 0.15) is 5.82 Å². The van der Waals surface area contributed by atoms with Crippen LogP contribution in [-0.2, 0) is 4.79 Å². The summed E-state index contributed by atoms with van der Waals surface area (Å²) in [4.78, 5) is 20.9. The quantitative estimate of drug-likeness (QED) is 0.892. The van der Waals surface area contributed by atoms with Crippen LogP contribution in [-0.4, -0.2) is 48.5 Å². The highest BCUT2D eigenvalue weighted by molar-refractivity contribution is 6.30. The predicted octanol–water partition coefficient (Wildman–Crippen LogP) is 2.73. The number of carbonyl (C=O) groups is 1. The Kier molecular flexibility index (Phi) is 5.89. The van der Waals surface area contributed by atoms with Gasteiger partial charge in [0, 0.05) is 43.4 Å². The van der Waals surface area contributed by atoms with E-state index in [2.05, 4.69) is 22.1 Å². The third kappa shape index (κ3) is 4.71. The highest BCUT2D eigenvalue weighted by Gasteiger charge is 2.21. The van der Waals surface area contributed by atoms with Crippen molar-refractivity contribution < 1.29 is 4.79 Å². The van der Waals surface area contributed by atoms with Crippen LogP contribution in [0.25, 0.3) is 0 Å². The van der Waals surface area contributed by atoms with Gasteiger partial charge in [-0.05, 0) is 36.8 Å². The number of piperazine rings is 1. The van der Waals surface area contributed by atoms with Crippen molar-refractivity contribution in [3.63, 3.8) is 0 Å². The van der Waals surface area contributed by atoms with E-state index in [4.69, 9.17) is 11.6 Å². The first-order chi connectivity index (χ1) is 12.1. The third-order valence-corrected chi connectivity index (χ3v) is 4.79. The summed E-state index contributed by atoms with van der Waals surface area (Å²) in [6.45, 7) is 5.48. The molecule has 1 N–H and O–H groups in total. The lowest BCUT2D eigenvalue weighted by Crippen LogP contribution is -2.51. The fraction of sp³-hybridized carbons (Fsp3) is 0.368. The molecule has 0 unspecified atom stereocenters. The number of anilines is 1. The Morgan fingerprint density at radius 1 is 1.16 bits per heavy atom. The molecule has 1 aliphatic rings. The topological polar surface area (TPSA) is 48.5 Å². The molecule has 2 aromatic rings. The molecule has 0 aliphatic carbocycles.